The lowest BCUT2D eigenvalue weighted by Gasteiger charge is -2.44. The van der Waals surface area contributed by atoms with E-state index in [1.54, 1.807) is 0 Å². The monoisotopic (exact) mass is 412 g/mol. The van der Waals surface area contributed by atoms with E-state index < -0.39 is 49.4 Å². The van der Waals surface area contributed by atoms with Crippen molar-refractivity contribution in [3.8, 4) is 5.75 Å². The number of aliphatic hydroxyl groups excluding tert-OH is 4. The van der Waals surface area contributed by atoms with Crippen LogP contribution in [0.1, 0.15) is 10.4 Å². The molecule has 1 heterocycles. The van der Waals surface area contributed by atoms with E-state index >= 15 is 0 Å². The quantitative estimate of drug-likeness (QED) is 0.397. The lowest BCUT2D eigenvalue weighted by Crippen LogP contribution is -2.66. The van der Waals surface area contributed by atoms with Crippen LogP contribution in [0.15, 0.2) is 12.1 Å². The summed E-state index contributed by atoms with van der Waals surface area (Å²) in [4.78, 5) is 12.3. The van der Waals surface area contributed by atoms with Gasteiger partial charge in [0.2, 0.25) is 5.79 Å². The van der Waals surface area contributed by atoms with E-state index in [1.165, 1.54) is 19.2 Å². The summed E-state index contributed by atoms with van der Waals surface area (Å²) >= 11 is 11.9. The second kappa shape index (κ2) is 8.24. The van der Waals surface area contributed by atoms with E-state index in [-0.39, 0.29) is 21.4 Å². The molecule has 0 saturated carbocycles. The number of carbonyl (C=O) groups is 1. The van der Waals surface area contributed by atoms with E-state index in [0.29, 0.717) is 0 Å². The fourth-order valence-electron chi connectivity index (χ4n) is 2.50. The van der Waals surface area contributed by atoms with Gasteiger partial charge in [-0.15, -0.1) is 0 Å². The largest absolute Gasteiger partial charge is 0.494 e. The fraction of sp³-hybridized carbons (Fsp3) is 0.533. The highest BCUT2D eigenvalue weighted by molar-refractivity contribution is 6.37. The number of halogens is 2. The Morgan fingerprint density at radius 1 is 1.23 bits per heavy atom. The van der Waals surface area contributed by atoms with Gasteiger partial charge in [-0.2, -0.15) is 0 Å². The minimum absolute atomic E-state index is 0.0305. The SMILES string of the molecule is COc1c(Cl)ccc(Cl)c1C(=O)OCC1(O)O[C@H](CO)[C@@H](O)[C@H](O)[C@@H]1O. The molecule has 1 saturated heterocycles. The van der Waals surface area contributed by atoms with Crippen LogP contribution in [0, 0.1) is 0 Å². The van der Waals surface area contributed by atoms with Gasteiger partial charge in [-0.05, 0) is 12.1 Å². The number of hydrogen-bond acceptors (Lipinski definition) is 9. The van der Waals surface area contributed by atoms with Crippen molar-refractivity contribution >= 4 is 29.2 Å². The summed E-state index contributed by atoms with van der Waals surface area (Å²) in [6, 6.07) is 2.75. The summed E-state index contributed by atoms with van der Waals surface area (Å²) in [7, 11) is 1.26. The highest BCUT2D eigenvalue weighted by atomic mass is 35.5. The van der Waals surface area contributed by atoms with E-state index in [9.17, 15) is 25.2 Å². The molecule has 0 amide bonds. The Morgan fingerprint density at radius 3 is 2.42 bits per heavy atom. The van der Waals surface area contributed by atoms with Crippen molar-refractivity contribution in [3.05, 3.63) is 27.7 Å². The van der Waals surface area contributed by atoms with Crippen LogP contribution in [0.2, 0.25) is 10.0 Å². The molecule has 1 aromatic rings. The topological polar surface area (TPSA) is 146 Å². The van der Waals surface area contributed by atoms with Crippen molar-refractivity contribution in [1.82, 2.24) is 0 Å². The molecule has 0 radical (unpaired) electrons. The van der Waals surface area contributed by atoms with Crippen molar-refractivity contribution in [1.29, 1.82) is 0 Å². The smallest absolute Gasteiger partial charge is 0.343 e. The van der Waals surface area contributed by atoms with Crippen LogP contribution < -0.4 is 4.74 Å². The minimum Gasteiger partial charge on any atom is -0.494 e. The van der Waals surface area contributed by atoms with Gasteiger partial charge in [-0.25, -0.2) is 4.79 Å². The first-order valence-corrected chi connectivity index (χ1v) is 8.16. The third kappa shape index (κ3) is 3.90. The van der Waals surface area contributed by atoms with E-state index in [0.717, 1.165) is 0 Å². The second-order valence-corrected chi connectivity index (χ2v) is 6.44. The van der Waals surface area contributed by atoms with Gasteiger partial charge in [0, 0.05) is 0 Å². The number of esters is 1. The van der Waals surface area contributed by atoms with Crippen LogP contribution in [-0.4, -0.2) is 82.0 Å². The molecule has 9 nitrogen and oxygen atoms in total. The number of benzene rings is 1. The van der Waals surface area contributed by atoms with Gasteiger partial charge < -0.3 is 39.7 Å². The molecule has 1 fully saturated rings. The number of ether oxygens (including phenoxy) is 3. The molecule has 0 bridgehead atoms. The molecule has 1 unspecified atom stereocenters. The predicted octanol–water partition coefficient (Wildman–Crippen LogP) is -0.679. The van der Waals surface area contributed by atoms with Crippen molar-refractivity contribution in [2.75, 3.05) is 20.3 Å². The number of carbonyl (C=O) groups excluding carboxylic acids is 1. The molecule has 1 aromatic carbocycles. The zero-order valence-electron chi connectivity index (χ0n) is 13.5. The maximum atomic E-state index is 12.3. The van der Waals surface area contributed by atoms with Gasteiger partial charge in [-0.1, -0.05) is 23.2 Å². The first kappa shape index (κ1) is 21.1. The minimum atomic E-state index is -2.57. The van der Waals surface area contributed by atoms with Crippen molar-refractivity contribution in [3.63, 3.8) is 0 Å². The van der Waals surface area contributed by atoms with Crippen LogP contribution in [0.25, 0.3) is 0 Å². The molecule has 11 heteroatoms. The number of hydrogen-bond donors (Lipinski definition) is 5. The Balaban J connectivity index is 2.20. The first-order chi connectivity index (χ1) is 12.2. The lowest BCUT2D eigenvalue weighted by atomic mass is 9.93. The maximum Gasteiger partial charge on any atom is 0.343 e. The number of aliphatic hydroxyl groups is 5. The van der Waals surface area contributed by atoms with E-state index in [1.807, 2.05) is 0 Å². The average molecular weight is 413 g/mol. The van der Waals surface area contributed by atoms with E-state index in [2.05, 4.69) is 0 Å². The van der Waals surface area contributed by atoms with Crippen LogP contribution in [0.4, 0.5) is 0 Å². The van der Waals surface area contributed by atoms with Crippen LogP contribution in [0.3, 0.4) is 0 Å². The highest BCUT2D eigenvalue weighted by Gasteiger charge is 2.53. The lowest BCUT2D eigenvalue weighted by molar-refractivity contribution is -0.357. The molecule has 0 spiro atoms. The zero-order valence-corrected chi connectivity index (χ0v) is 15.0. The third-order valence-electron chi connectivity index (χ3n) is 3.93. The summed E-state index contributed by atoms with van der Waals surface area (Å²) in [5.41, 5.74) is -0.213. The molecule has 146 valence electrons. The van der Waals surface area contributed by atoms with Gasteiger partial charge in [0.1, 0.15) is 36.6 Å². The maximum absolute atomic E-state index is 12.3. The molecule has 1 aliphatic heterocycles. The second-order valence-electron chi connectivity index (χ2n) is 5.62. The summed E-state index contributed by atoms with van der Waals surface area (Å²) in [5.74, 6) is -3.66. The summed E-state index contributed by atoms with van der Waals surface area (Å²) in [6.07, 6.45) is -6.89. The zero-order chi connectivity index (χ0) is 19.6. The van der Waals surface area contributed by atoms with E-state index in [4.69, 9.17) is 42.5 Å². The van der Waals surface area contributed by atoms with Crippen molar-refractivity contribution in [2.24, 2.45) is 0 Å². The molecule has 0 aromatic heterocycles. The molecular formula is C15H18Cl2O9. The van der Waals surface area contributed by atoms with Crippen molar-refractivity contribution in [2.45, 2.75) is 30.2 Å². The Morgan fingerprint density at radius 2 is 1.85 bits per heavy atom. The fourth-order valence-corrected chi connectivity index (χ4v) is 2.96. The molecule has 2 rings (SSSR count). The van der Waals surface area contributed by atoms with Gasteiger partial charge in [0.05, 0.1) is 23.8 Å². The molecule has 5 N–H and O–H groups in total. The number of rotatable bonds is 5. The Kier molecular flexibility index (Phi) is 6.70. The Hall–Kier alpha value is -1.17. The first-order valence-electron chi connectivity index (χ1n) is 7.40. The normalized spacial score (nSPS) is 31.5. The van der Waals surface area contributed by atoms with Crippen LogP contribution in [-0.2, 0) is 9.47 Å². The third-order valence-corrected chi connectivity index (χ3v) is 4.54. The molecular weight excluding hydrogens is 395 g/mol. The predicted molar refractivity (Wildman–Crippen MR) is 88.2 cm³/mol. The standard InChI is InChI=1S/C15H18Cl2O9/c1-24-12-7(17)3-2-6(16)9(12)14(22)25-5-15(23)13(21)11(20)10(19)8(4-18)26-15/h2-3,8,10-11,13,18-21,23H,4-5H2,1H3/t8-,10-,11+,13+,15?/m1/s1. The molecule has 0 aliphatic carbocycles. The molecule has 26 heavy (non-hydrogen) atoms. The van der Waals surface area contributed by atoms with Crippen LogP contribution in [0.5, 0.6) is 5.75 Å². The summed E-state index contributed by atoms with van der Waals surface area (Å²) in [5, 5.41) is 48.9. The summed E-state index contributed by atoms with van der Waals surface area (Å²) in [6.45, 7) is -1.69. The van der Waals surface area contributed by atoms with Gasteiger partial charge >= 0.3 is 5.97 Å². The average Bonchev–Trinajstić information content (AvgIpc) is 2.62. The molecule has 1 aliphatic rings. The Bertz CT molecular complexity index is 669. The van der Waals surface area contributed by atoms with Crippen molar-refractivity contribution < 1.29 is 44.5 Å². The number of methoxy groups -OCH3 is 1. The van der Waals surface area contributed by atoms with Gasteiger partial charge in [0.15, 0.2) is 5.75 Å². The highest BCUT2D eigenvalue weighted by Crippen LogP contribution is 2.35. The molecule has 5 atom stereocenters. The summed E-state index contributed by atoms with van der Waals surface area (Å²) < 4.78 is 14.9. The van der Waals surface area contributed by atoms with Gasteiger partial charge in [0.25, 0.3) is 0 Å². The Labute approximate surface area is 158 Å². The van der Waals surface area contributed by atoms with Crippen LogP contribution >= 0.6 is 23.2 Å². The van der Waals surface area contributed by atoms with Gasteiger partial charge in [-0.3, -0.25) is 0 Å².